The zero-order valence-electron chi connectivity index (χ0n) is 9.08. The van der Waals surface area contributed by atoms with Crippen LogP contribution >= 0.6 is 27.5 Å². The molecule has 0 saturated carbocycles. The smallest absolute Gasteiger partial charge is 0.423 e. The van der Waals surface area contributed by atoms with Gasteiger partial charge in [-0.15, -0.1) is 0 Å². The van der Waals surface area contributed by atoms with Crippen LogP contribution in [0.1, 0.15) is 5.69 Å². The first-order valence-electron chi connectivity index (χ1n) is 4.89. The molecule has 2 aromatic rings. The van der Waals surface area contributed by atoms with Crippen molar-refractivity contribution in [2.24, 2.45) is 0 Å². The van der Waals surface area contributed by atoms with Crippen LogP contribution in [0.5, 0.6) is 11.8 Å². The Morgan fingerprint density at radius 3 is 2.63 bits per heavy atom. The molecule has 0 unspecified atom stereocenters. The van der Waals surface area contributed by atoms with Gasteiger partial charge in [0, 0.05) is 10.7 Å². The largest absolute Gasteiger partial charge is 0.433 e. The maximum atomic E-state index is 12.5. The van der Waals surface area contributed by atoms with E-state index in [0.717, 1.165) is 12.3 Å². The van der Waals surface area contributed by atoms with E-state index in [1.54, 1.807) is 6.07 Å². The SMILES string of the molecule is FC(F)(F)c1ccnc(Oc2cc(Br)ccc2Cl)n1. The Bertz CT molecular complexity index is 607. The maximum Gasteiger partial charge on any atom is 0.433 e. The van der Waals surface area contributed by atoms with E-state index < -0.39 is 17.9 Å². The molecular formula is C11H5BrClF3N2O. The van der Waals surface area contributed by atoms with E-state index in [2.05, 4.69) is 25.9 Å². The van der Waals surface area contributed by atoms with E-state index in [1.165, 1.54) is 12.1 Å². The summed E-state index contributed by atoms with van der Waals surface area (Å²) in [5.74, 6) is 0.162. The highest BCUT2D eigenvalue weighted by Gasteiger charge is 2.33. The molecule has 0 aliphatic rings. The Balaban J connectivity index is 2.31. The molecule has 0 atom stereocenters. The van der Waals surface area contributed by atoms with Gasteiger partial charge in [0.2, 0.25) is 0 Å². The first kappa shape index (κ1) is 14.1. The number of halogens is 5. The van der Waals surface area contributed by atoms with E-state index in [-0.39, 0.29) is 10.8 Å². The van der Waals surface area contributed by atoms with E-state index in [9.17, 15) is 13.2 Å². The minimum Gasteiger partial charge on any atom is -0.423 e. The van der Waals surface area contributed by atoms with Crippen molar-refractivity contribution >= 4 is 27.5 Å². The zero-order valence-corrected chi connectivity index (χ0v) is 11.4. The third kappa shape index (κ3) is 3.57. The Kier molecular flexibility index (Phi) is 3.96. The lowest BCUT2D eigenvalue weighted by atomic mass is 10.3. The molecule has 0 aliphatic carbocycles. The standard InChI is InChI=1S/C11H5BrClF3N2O/c12-6-1-2-7(13)8(5-6)19-10-17-4-3-9(18-10)11(14,15)16/h1-5H. The summed E-state index contributed by atoms with van der Waals surface area (Å²) in [6, 6.07) is 5.05. The molecule has 1 aromatic heterocycles. The molecule has 19 heavy (non-hydrogen) atoms. The summed E-state index contributed by atoms with van der Waals surface area (Å²) in [7, 11) is 0. The summed E-state index contributed by atoms with van der Waals surface area (Å²) in [6.07, 6.45) is -3.58. The van der Waals surface area contributed by atoms with Gasteiger partial charge in [-0.1, -0.05) is 27.5 Å². The van der Waals surface area contributed by atoms with Gasteiger partial charge in [-0.2, -0.15) is 18.2 Å². The molecule has 0 spiro atoms. The van der Waals surface area contributed by atoms with Crippen molar-refractivity contribution < 1.29 is 17.9 Å². The van der Waals surface area contributed by atoms with Crippen LogP contribution in [-0.4, -0.2) is 9.97 Å². The van der Waals surface area contributed by atoms with Gasteiger partial charge in [-0.25, -0.2) is 4.98 Å². The summed E-state index contributed by atoms with van der Waals surface area (Å²) < 4.78 is 43.2. The molecule has 0 saturated heterocycles. The molecule has 1 aromatic carbocycles. The van der Waals surface area contributed by atoms with Gasteiger partial charge < -0.3 is 4.74 Å². The second kappa shape index (κ2) is 5.34. The van der Waals surface area contributed by atoms with Crippen LogP contribution in [0, 0.1) is 0 Å². The highest BCUT2D eigenvalue weighted by atomic mass is 79.9. The number of rotatable bonds is 2. The molecule has 0 fully saturated rings. The molecule has 1 heterocycles. The number of ether oxygens (including phenoxy) is 1. The lowest BCUT2D eigenvalue weighted by Crippen LogP contribution is -2.08. The molecule has 0 N–H and O–H groups in total. The normalized spacial score (nSPS) is 11.4. The van der Waals surface area contributed by atoms with Crippen LogP contribution in [0.4, 0.5) is 13.2 Å². The van der Waals surface area contributed by atoms with Crippen LogP contribution in [0.25, 0.3) is 0 Å². The topological polar surface area (TPSA) is 35.0 Å². The molecule has 0 aliphatic heterocycles. The molecule has 100 valence electrons. The van der Waals surface area contributed by atoms with Crippen molar-refractivity contribution in [1.82, 2.24) is 9.97 Å². The predicted octanol–water partition coefficient (Wildman–Crippen LogP) is 4.70. The summed E-state index contributed by atoms with van der Waals surface area (Å²) in [5, 5.41) is 0.240. The minimum absolute atomic E-state index is 0.162. The third-order valence-electron chi connectivity index (χ3n) is 2.02. The van der Waals surface area contributed by atoms with Crippen molar-refractivity contribution in [3.05, 3.63) is 45.7 Å². The quantitative estimate of drug-likeness (QED) is 0.785. The van der Waals surface area contributed by atoms with Gasteiger partial charge in [0.25, 0.3) is 0 Å². The molecule has 0 radical (unpaired) electrons. The third-order valence-corrected chi connectivity index (χ3v) is 2.82. The minimum atomic E-state index is -4.55. The Hall–Kier alpha value is -1.34. The van der Waals surface area contributed by atoms with E-state index in [0.29, 0.717) is 4.47 Å². The molecule has 0 amide bonds. The number of hydrogen-bond acceptors (Lipinski definition) is 3. The van der Waals surface area contributed by atoms with Gasteiger partial charge in [0.05, 0.1) is 5.02 Å². The summed E-state index contributed by atoms with van der Waals surface area (Å²) >= 11 is 9.05. The first-order valence-corrected chi connectivity index (χ1v) is 6.06. The average Bonchev–Trinajstić information content (AvgIpc) is 2.33. The van der Waals surface area contributed by atoms with Gasteiger partial charge in [0.1, 0.15) is 0 Å². The van der Waals surface area contributed by atoms with Crippen molar-refractivity contribution in [2.75, 3.05) is 0 Å². The van der Waals surface area contributed by atoms with Crippen LogP contribution in [0.2, 0.25) is 5.02 Å². The predicted molar refractivity (Wildman–Crippen MR) is 66.3 cm³/mol. The van der Waals surface area contributed by atoms with Crippen molar-refractivity contribution in [2.45, 2.75) is 6.18 Å². The van der Waals surface area contributed by atoms with Gasteiger partial charge in [0.15, 0.2) is 11.4 Å². The van der Waals surface area contributed by atoms with Crippen LogP contribution in [0.3, 0.4) is 0 Å². The van der Waals surface area contributed by atoms with Crippen LogP contribution < -0.4 is 4.74 Å². The number of benzene rings is 1. The lowest BCUT2D eigenvalue weighted by molar-refractivity contribution is -0.141. The number of nitrogens with zero attached hydrogens (tertiary/aromatic N) is 2. The fourth-order valence-electron chi connectivity index (χ4n) is 1.20. The van der Waals surface area contributed by atoms with Crippen molar-refractivity contribution in [3.8, 4) is 11.8 Å². The average molecular weight is 354 g/mol. The Labute approximate surface area is 119 Å². The van der Waals surface area contributed by atoms with Gasteiger partial charge in [-0.3, -0.25) is 0 Å². The molecule has 8 heteroatoms. The molecule has 0 bridgehead atoms. The Morgan fingerprint density at radius 2 is 1.95 bits per heavy atom. The van der Waals surface area contributed by atoms with E-state index >= 15 is 0 Å². The number of alkyl halides is 3. The summed E-state index contributed by atoms with van der Waals surface area (Å²) in [6.45, 7) is 0. The second-order valence-corrected chi connectivity index (χ2v) is 4.72. The van der Waals surface area contributed by atoms with Gasteiger partial charge >= 0.3 is 12.2 Å². The fraction of sp³-hybridized carbons (Fsp3) is 0.0909. The van der Waals surface area contributed by atoms with E-state index in [1.807, 2.05) is 0 Å². The number of aromatic nitrogens is 2. The first-order chi connectivity index (χ1) is 8.86. The van der Waals surface area contributed by atoms with Crippen LogP contribution in [0.15, 0.2) is 34.9 Å². The Morgan fingerprint density at radius 1 is 1.21 bits per heavy atom. The second-order valence-electron chi connectivity index (χ2n) is 3.40. The monoisotopic (exact) mass is 352 g/mol. The van der Waals surface area contributed by atoms with Crippen LogP contribution in [-0.2, 0) is 6.18 Å². The highest BCUT2D eigenvalue weighted by molar-refractivity contribution is 9.10. The molecular weight excluding hydrogens is 348 g/mol. The van der Waals surface area contributed by atoms with Crippen molar-refractivity contribution in [1.29, 1.82) is 0 Å². The summed E-state index contributed by atoms with van der Waals surface area (Å²) in [4.78, 5) is 6.89. The van der Waals surface area contributed by atoms with Gasteiger partial charge in [-0.05, 0) is 24.3 Å². The fourth-order valence-corrected chi connectivity index (χ4v) is 1.70. The highest BCUT2D eigenvalue weighted by Crippen LogP contribution is 2.32. The number of hydrogen-bond donors (Lipinski definition) is 0. The van der Waals surface area contributed by atoms with Crippen molar-refractivity contribution in [3.63, 3.8) is 0 Å². The zero-order chi connectivity index (χ0) is 14.0. The lowest BCUT2D eigenvalue weighted by Gasteiger charge is -2.09. The summed E-state index contributed by atoms with van der Waals surface area (Å²) in [5.41, 5.74) is -1.08. The van der Waals surface area contributed by atoms with E-state index in [4.69, 9.17) is 16.3 Å². The molecule has 3 nitrogen and oxygen atoms in total. The maximum absolute atomic E-state index is 12.5. The molecule has 2 rings (SSSR count).